The van der Waals surface area contributed by atoms with Gasteiger partial charge in [0.1, 0.15) is 0 Å². The van der Waals surface area contributed by atoms with Crippen molar-refractivity contribution < 1.29 is 0 Å². The summed E-state index contributed by atoms with van der Waals surface area (Å²) in [5.74, 6) is 5.02. The fourth-order valence-corrected chi connectivity index (χ4v) is 0.631. The van der Waals surface area contributed by atoms with Gasteiger partial charge in [-0.25, -0.2) is 11.3 Å². The molecule has 1 rings (SSSR count). The average Bonchev–Trinajstić information content (AvgIpc) is 1.90. The highest BCUT2D eigenvalue weighted by Gasteiger charge is 1.86. The zero-order chi connectivity index (χ0) is 6.69. The van der Waals surface area contributed by atoms with Gasteiger partial charge in [0, 0.05) is 0 Å². The summed E-state index contributed by atoms with van der Waals surface area (Å²) in [5.41, 5.74) is 5.56. The summed E-state index contributed by atoms with van der Waals surface area (Å²) in [7, 11) is 0. The van der Waals surface area contributed by atoms with E-state index in [9.17, 15) is 0 Å². The maximum absolute atomic E-state index is 5.02. The predicted molar refractivity (Wildman–Crippen MR) is 37.2 cm³/mol. The number of hydrogen-bond acceptors (Lipinski definition) is 1. The molecule has 0 spiro atoms. The van der Waals surface area contributed by atoms with E-state index in [4.69, 9.17) is 5.84 Å². The molecule has 2 N–H and O–H groups in total. The molecule has 0 saturated heterocycles. The molecule has 0 heterocycles. The zero-order valence-electron chi connectivity index (χ0n) is 5.33. The molecule has 1 radical (unpaired) electrons. The van der Waals surface area contributed by atoms with Gasteiger partial charge < -0.3 is 0 Å². The highest BCUT2D eigenvalue weighted by atomic mass is 15.2. The molecule has 1 aromatic rings. The van der Waals surface area contributed by atoms with E-state index < -0.39 is 0 Å². The Labute approximate surface area is 54.7 Å². The van der Waals surface area contributed by atoms with Crippen LogP contribution in [0, 0.1) is 6.92 Å². The lowest BCUT2D eigenvalue weighted by atomic mass is 10.2. The minimum Gasteiger partial charge on any atom is -0.227 e. The highest BCUT2D eigenvalue weighted by Crippen LogP contribution is 2.05. The first-order valence-corrected chi connectivity index (χ1v) is 2.80. The third-order valence-corrected chi connectivity index (χ3v) is 1.18. The summed E-state index contributed by atoms with van der Waals surface area (Å²) in [4.78, 5) is 0. The van der Waals surface area contributed by atoms with Crippen LogP contribution in [0.5, 0.6) is 0 Å². The molecule has 1 aromatic carbocycles. The Bertz CT molecular complexity index is 179. The first-order valence-electron chi connectivity index (χ1n) is 2.80. The van der Waals surface area contributed by atoms with Crippen LogP contribution in [0.3, 0.4) is 0 Å². The molecule has 0 saturated carbocycles. The Kier molecular flexibility index (Phi) is 1.70. The Hall–Kier alpha value is -1.02. The van der Waals surface area contributed by atoms with Crippen LogP contribution in [0.4, 0.5) is 5.69 Å². The lowest BCUT2D eigenvalue weighted by molar-refractivity contribution is 0.958. The van der Waals surface area contributed by atoms with Gasteiger partial charge in [-0.3, -0.25) is 0 Å². The molecule has 47 valence electrons. The molecule has 0 aliphatic rings. The van der Waals surface area contributed by atoms with E-state index in [0.717, 1.165) is 5.69 Å². The smallest absolute Gasteiger partial charge is 0.0771 e. The van der Waals surface area contributed by atoms with E-state index in [-0.39, 0.29) is 0 Å². The highest BCUT2D eigenvalue weighted by molar-refractivity contribution is 5.36. The number of benzene rings is 1. The van der Waals surface area contributed by atoms with Crippen LogP contribution < -0.4 is 11.3 Å². The molecular weight excluding hydrogens is 112 g/mol. The monoisotopic (exact) mass is 121 g/mol. The van der Waals surface area contributed by atoms with Crippen molar-refractivity contribution >= 4 is 5.69 Å². The Balaban J connectivity index is 2.88. The average molecular weight is 121 g/mol. The SMILES string of the molecule is Cc1ccc([N]N)cc1. The van der Waals surface area contributed by atoms with E-state index in [0.29, 0.717) is 0 Å². The molecule has 2 nitrogen and oxygen atoms in total. The third-order valence-electron chi connectivity index (χ3n) is 1.18. The fraction of sp³-hybridized carbons (Fsp3) is 0.143. The van der Waals surface area contributed by atoms with E-state index in [2.05, 4.69) is 5.43 Å². The minimum atomic E-state index is 0.820. The second-order valence-corrected chi connectivity index (χ2v) is 1.96. The maximum Gasteiger partial charge on any atom is 0.0771 e. The van der Waals surface area contributed by atoms with Crippen LogP contribution >= 0.6 is 0 Å². The lowest BCUT2D eigenvalue weighted by Crippen LogP contribution is -2.04. The normalized spacial score (nSPS) is 9.11. The predicted octanol–water partition coefficient (Wildman–Crippen LogP) is 1.10. The largest absolute Gasteiger partial charge is 0.227 e. The Morgan fingerprint density at radius 1 is 1.22 bits per heavy atom. The molecule has 0 unspecified atom stereocenters. The van der Waals surface area contributed by atoms with Gasteiger partial charge in [0.25, 0.3) is 0 Å². The molecule has 0 aliphatic heterocycles. The van der Waals surface area contributed by atoms with Crippen molar-refractivity contribution in [3.05, 3.63) is 29.8 Å². The summed E-state index contributed by atoms with van der Waals surface area (Å²) in [6.07, 6.45) is 0. The maximum atomic E-state index is 5.02. The zero-order valence-corrected chi connectivity index (χ0v) is 5.33. The van der Waals surface area contributed by atoms with Crippen LogP contribution in [0.1, 0.15) is 5.56 Å². The van der Waals surface area contributed by atoms with Crippen molar-refractivity contribution in [2.75, 3.05) is 0 Å². The van der Waals surface area contributed by atoms with Gasteiger partial charge in [-0.1, -0.05) is 17.7 Å². The van der Waals surface area contributed by atoms with Gasteiger partial charge in [-0.2, -0.15) is 0 Å². The van der Waals surface area contributed by atoms with Gasteiger partial charge in [-0.15, -0.1) is 0 Å². The second-order valence-electron chi connectivity index (χ2n) is 1.96. The van der Waals surface area contributed by atoms with E-state index in [1.807, 2.05) is 31.2 Å². The van der Waals surface area contributed by atoms with E-state index in [1.165, 1.54) is 5.56 Å². The second kappa shape index (κ2) is 2.51. The van der Waals surface area contributed by atoms with Gasteiger partial charge in [0.15, 0.2) is 0 Å². The molecule has 0 amide bonds. The standard InChI is InChI=1S/C7H9N2/c1-6-2-4-7(9-8)5-3-6/h2-5H,8H2,1H3. The number of hydrogen-bond donors (Lipinski definition) is 1. The van der Waals surface area contributed by atoms with Crippen LogP contribution in [0.15, 0.2) is 24.3 Å². The quantitative estimate of drug-likeness (QED) is 0.438. The molecule has 0 aliphatic carbocycles. The van der Waals surface area contributed by atoms with Crippen molar-refractivity contribution in [3.63, 3.8) is 0 Å². The fourth-order valence-electron chi connectivity index (χ4n) is 0.631. The van der Waals surface area contributed by atoms with Crippen molar-refractivity contribution in [1.29, 1.82) is 0 Å². The number of nitrogens with two attached hydrogens (primary N) is 1. The van der Waals surface area contributed by atoms with Gasteiger partial charge in [-0.05, 0) is 19.1 Å². The van der Waals surface area contributed by atoms with Crippen molar-refractivity contribution in [2.24, 2.45) is 5.84 Å². The summed E-state index contributed by atoms with van der Waals surface area (Å²) < 4.78 is 0. The molecule has 0 bridgehead atoms. The third kappa shape index (κ3) is 1.44. The molecule has 0 aromatic heterocycles. The van der Waals surface area contributed by atoms with Crippen LogP contribution in [0.25, 0.3) is 0 Å². The van der Waals surface area contributed by atoms with Crippen LogP contribution in [0.2, 0.25) is 0 Å². The van der Waals surface area contributed by atoms with Crippen LogP contribution in [-0.2, 0) is 0 Å². The molecule has 0 fully saturated rings. The summed E-state index contributed by atoms with van der Waals surface area (Å²) in [6.45, 7) is 2.03. The van der Waals surface area contributed by atoms with Crippen molar-refractivity contribution in [2.45, 2.75) is 6.92 Å². The Morgan fingerprint density at radius 3 is 2.22 bits per heavy atom. The topological polar surface area (TPSA) is 40.1 Å². The van der Waals surface area contributed by atoms with Gasteiger partial charge in [0.05, 0.1) is 5.69 Å². The molecule has 2 heteroatoms. The first kappa shape index (κ1) is 6.11. The van der Waals surface area contributed by atoms with Crippen molar-refractivity contribution in [3.8, 4) is 0 Å². The summed E-state index contributed by atoms with van der Waals surface area (Å²) >= 11 is 0. The van der Waals surface area contributed by atoms with Crippen LogP contribution in [-0.4, -0.2) is 0 Å². The summed E-state index contributed by atoms with van der Waals surface area (Å²) in [5, 5.41) is 0. The van der Waals surface area contributed by atoms with E-state index >= 15 is 0 Å². The Morgan fingerprint density at radius 2 is 1.78 bits per heavy atom. The number of nitrogens with zero attached hydrogens (tertiary/aromatic N) is 1. The van der Waals surface area contributed by atoms with E-state index in [1.54, 1.807) is 0 Å². The first-order chi connectivity index (χ1) is 4.33. The lowest BCUT2D eigenvalue weighted by Gasteiger charge is -1.94. The molecule has 9 heavy (non-hydrogen) atoms. The number of rotatable bonds is 1. The number of aryl methyl sites for hydroxylation is 1. The van der Waals surface area contributed by atoms with Crippen molar-refractivity contribution in [1.82, 2.24) is 5.43 Å². The summed E-state index contributed by atoms with van der Waals surface area (Å²) in [6, 6.07) is 7.72. The van der Waals surface area contributed by atoms with Gasteiger partial charge in [0.2, 0.25) is 0 Å². The molecule has 0 atom stereocenters. The molecular formula is C7H9N2. The van der Waals surface area contributed by atoms with Gasteiger partial charge >= 0.3 is 0 Å². The minimum absolute atomic E-state index is 0.820.